The number of halogens is 6. The van der Waals surface area contributed by atoms with E-state index in [0.717, 1.165) is 12.8 Å². The number of allylic oxidation sites excluding steroid dienone is 2. The normalized spacial score (nSPS) is 17.2. The van der Waals surface area contributed by atoms with Crippen molar-refractivity contribution in [3.8, 4) is 5.75 Å². The second-order valence-corrected chi connectivity index (χ2v) is 11.1. The van der Waals surface area contributed by atoms with Gasteiger partial charge in [0.15, 0.2) is 34.8 Å². The molecular formula is C35H38F6O. The minimum Gasteiger partial charge on any atom is -0.490 e. The topological polar surface area (TPSA) is 9.23 Å². The van der Waals surface area contributed by atoms with Gasteiger partial charge in [0.1, 0.15) is 0 Å². The fourth-order valence-electron chi connectivity index (χ4n) is 5.82. The summed E-state index contributed by atoms with van der Waals surface area (Å²) in [6.07, 6.45) is 8.50. The van der Waals surface area contributed by atoms with Gasteiger partial charge in [-0.25, -0.2) is 22.0 Å². The van der Waals surface area contributed by atoms with Crippen LogP contribution in [0.2, 0.25) is 0 Å². The van der Waals surface area contributed by atoms with E-state index in [1.807, 2.05) is 26.0 Å². The summed E-state index contributed by atoms with van der Waals surface area (Å²) in [4.78, 5) is 0. The highest BCUT2D eigenvalue weighted by molar-refractivity contribution is 5.34. The minimum atomic E-state index is -1.08. The van der Waals surface area contributed by atoms with Crippen LogP contribution in [0.1, 0.15) is 98.4 Å². The van der Waals surface area contributed by atoms with E-state index in [1.54, 1.807) is 18.2 Å². The lowest BCUT2D eigenvalue weighted by Crippen LogP contribution is -2.16. The third-order valence-electron chi connectivity index (χ3n) is 8.35. The molecule has 0 atom stereocenters. The van der Waals surface area contributed by atoms with Gasteiger partial charge >= 0.3 is 0 Å². The molecule has 0 heterocycles. The first-order valence-corrected chi connectivity index (χ1v) is 14.9. The summed E-state index contributed by atoms with van der Waals surface area (Å²) in [5, 5.41) is 0. The zero-order chi connectivity index (χ0) is 30.2. The Kier molecular flexibility index (Phi) is 11.2. The fraction of sp³-hybridized carbons (Fsp3) is 0.429. The lowest BCUT2D eigenvalue weighted by molar-refractivity contribution is 0.288. The molecule has 0 spiro atoms. The van der Waals surface area contributed by atoms with Gasteiger partial charge in [0.2, 0.25) is 5.82 Å². The van der Waals surface area contributed by atoms with Crippen molar-refractivity contribution in [1.29, 1.82) is 0 Å². The van der Waals surface area contributed by atoms with Crippen molar-refractivity contribution in [3.05, 3.63) is 111 Å². The van der Waals surface area contributed by atoms with Gasteiger partial charge in [-0.2, -0.15) is 4.39 Å². The van der Waals surface area contributed by atoms with Crippen molar-refractivity contribution in [2.75, 3.05) is 6.61 Å². The van der Waals surface area contributed by atoms with Gasteiger partial charge in [0.05, 0.1) is 6.61 Å². The van der Waals surface area contributed by atoms with Crippen molar-refractivity contribution in [2.45, 2.75) is 89.9 Å². The van der Waals surface area contributed by atoms with E-state index in [1.165, 1.54) is 18.2 Å². The van der Waals surface area contributed by atoms with Gasteiger partial charge in [-0.15, -0.1) is 0 Å². The molecule has 0 aromatic heterocycles. The van der Waals surface area contributed by atoms with Crippen molar-refractivity contribution >= 4 is 0 Å². The van der Waals surface area contributed by atoms with E-state index >= 15 is 8.78 Å². The molecule has 1 saturated carbocycles. The zero-order valence-electron chi connectivity index (χ0n) is 24.2. The number of benzene rings is 3. The smallest absolute Gasteiger partial charge is 0.200 e. The predicted molar refractivity (Wildman–Crippen MR) is 154 cm³/mol. The van der Waals surface area contributed by atoms with Crippen LogP contribution in [-0.4, -0.2) is 6.61 Å². The third kappa shape index (κ3) is 7.22. The first-order valence-electron chi connectivity index (χ1n) is 14.9. The average molecular weight is 589 g/mol. The maximum absolute atomic E-state index is 15.2. The van der Waals surface area contributed by atoms with Crippen LogP contribution in [0.25, 0.3) is 0 Å². The monoisotopic (exact) mass is 588 g/mol. The molecule has 42 heavy (non-hydrogen) atoms. The largest absolute Gasteiger partial charge is 0.490 e. The molecule has 0 bridgehead atoms. The Morgan fingerprint density at radius 3 is 1.62 bits per heavy atom. The Morgan fingerprint density at radius 1 is 0.643 bits per heavy atom. The summed E-state index contributed by atoms with van der Waals surface area (Å²) in [7, 11) is 0. The van der Waals surface area contributed by atoms with E-state index in [4.69, 9.17) is 4.74 Å². The van der Waals surface area contributed by atoms with Crippen molar-refractivity contribution < 1.29 is 31.1 Å². The predicted octanol–water partition coefficient (Wildman–Crippen LogP) is 10.4. The molecule has 0 saturated heterocycles. The summed E-state index contributed by atoms with van der Waals surface area (Å²) < 4.78 is 94.1. The molecule has 0 aliphatic heterocycles. The van der Waals surface area contributed by atoms with Crippen LogP contribution < -0.4 is 4.74 Å². The lowest BCUT2D eigenvalue weighted by atomic mass is 9.75. The van der Waals surface area contributed by atoms with Crippen molar-refractivity contribution in [3.63, 3.8) is 0 Å². The molecule has 0 radical (unpaired) electrons. The summed E-state index contributed by atoms with van der Waals surface area (Å²) in [6, 6.07) is 9.13. The molecular weight excluding hydrogens is 550 g/mol. The maximum atomic E-state index is 15.2. The van der Waals surface area contributed by atoms with Gasteiger partial charge in [0, 0.05) is 0 Å². The first kappa shape index (κ1) is 31.7. The molecule has 1 nitrogen and oxygen atoms in total. The first-order chi connectivity index (χ1) is 20.3. The van der Waals surface area contributed by atoms with Crippen LogP contribution >= 0.6 is 0 Å². The second-order valence-electron chi connectivity index (χ2n) is 11.1. The Labute approximate surface area is 244 Å². The van der Waals surface area contributed by atoms with Crippen molar-refractivity contribution in [1.82, 2.24) is 0 Å². The molecule has 1 fully saturated rings. The molecule has 0 unspecified atom stereocenters. The van der Waals surface area contributed by atoms with Crippen molar-refractivity contribution in [2.24, 2.45) is 0 Å². The van der Waals surface area contributed by atoms with Gasteiger partial charge in [0.25, 0.3) is 0 Å². The number of ether oxygens (including phenoxy) is 1. The number of rotatable bonds is 12. The molecule has 3 aromatic rings. The van der Waals surface area contributed by atoms with E-state index in [0.29, 0.717) is 49.7 Å². The van der Waals surface area contributed by atoms with Gasteiger partial charge < -0.3 is 4.74 Å². The zero-order valence-corrected chi connectivity index (χ0v) is 24.2. The Hall–Kier alpha value is -3.22. The summed E-state index contributed by atoms with van der Waals surface area (Å²) in [6.45, 7) is 4.12. The van der Waals surface area contributed by atoms with Crippen LogP contribution in [0.4, 0.5) is 26.3 Å². The van der Waals surface area contributed by atoms with Crippen LogP contribution in [-0.2, 0) is 19.3 Å². The molecule has 226 valence electrons. The molecule has 1 aliphatic rings. The van der Waals surface area contributed by atoms with Gasteiger partial charge in [-0.1, -0.05) is 55.8 Å². The van der Waals surface area contributed by atoms with Gasteiger partial charge in [-0.05, 0) is 110 Å². The van der Waals surface area contributed by atoms with Gasteiger partial charge in [-0.3, -0.25) is 0 Å². The number of aryl methyl sites for hydroxylation is 3. The number of unbranched alkanes of at least 4 members (excludes halogenated alkanes) is 1. The average Bonchev–Trinajstić information content (AvgIpc) is 2.99. The molecule has 0 amide bonds. The van der Waals surface area contributed by atoms with E-state index in [-0.39, 0.29) is 53.7 Å². The van der Waals surface area contributed by atoms with E-state index in [9.17, 15) is 17.6 Å². The van der Waals surface area contributed by atoms with E-state index < -0.39 is 34.9 Å². The molecule has 4 rings (SSSR count). The SMILES string of the molecule is C/C=C/CCc1ccc(C2CCC(c3ccc(CCc4ccc(OCCCC)c(F)c4F)c(F)c3F)CC2)c(F)c1F. The summed E-state index contributed by atoms with van der Waals surface area (Å²) in [5.41, 5.74) is 1.09. The lowest BCUT2D eigenvalue weighted by Gasteiger charge is -2.30. The summed E-state index contributed by atoms with van der Waals surface area (Å²) >= 11 is 0. The molecule has 1 aliphatic carbocycles. The Morgan fingerprint density at radius 2 is 1.12 bits per heavy atom. The van der Waals surface area contributed by atoms with Crippen LogP contribution in [0.3, 0.4) is 0 Å². The van der Waals surface area contributed by atoms with Crippen LogP contribution in [0.15, 0.2) is 48.6 Å². The molecule has 0 N–H and O–H groups in total. The number of hydrogen-bond acceptors (Lipinski definition) is 1. The highest BCUT2D eigenvalue weighted by atomic mass is 19.2. The molecule has 3 aromatic carbocycles. The standard InChI is InChI=1S/C35H38F6O/c1-3-5-7-8-24-15-18-27(33(39)30(24)36)22-9-11-23(12-10-22)28-19-16-25(31(37)34(28)40)13-14-26-17-20-29(35(41)32(26)38)42-21-6-4-2/h3,5,15-20,22-23H,4,6-14,21H2,1-2H3/b5-3+. The number of hydrogen-bond donors (Lipinski definition) is 0. The molecule has 7 heteroatoms. The summed E-state index contributed by atoms with van der Waals surface area (Å²) in [5.74, 6) is -6.26. The Balaban J connectivity index is 1.38. The fourth-order valence-corrected chi connectivity index (χ4v) is 5.82. The minimum absolute atomic E-state index is 0.00224. The third-order valence-corrected chi connectivity index (χ3v) is 8.35. The van der Waals surface area contributed by atoms with Crippen LogP contribution in [0.5, 0.6) is 5.75 Å². The van der Waals surface area contributed by atoms with Crippen LogP contribution in [0, 0.1) is 34.9 Å². The maximum Gasteiger partial charge on any atom is 0.200 e. The highest BCUT2D eigenvalue weighted by Crippen LogP contribution is 2.43. The second kappa shape index (κ2) is 14.8. The quantitative estimate of drug-likeness (QED) is 0.116. The van der Waals surface area contributed by atoms with E-state index in [2.05, 4.69) is 0 Å². The highest BCUT2D eigenvalue weighted by Gasteiger charge is 2.29. The Bertz CT molecular complexity index is 1390.